The van der Waals surface area contributed by atoms with Gasteiger partial charge in [0, 0.05) is 6.54 Å². The highest BCUT2D eigenvalue weighted by atomic mass is 31.2. The van der Waals surface area contributed by atoms with Crippen molar-refractivity contribution in [1.29, 1.82) is 0 Å². The van der Waals surface area contributed by atoms with Gasteiger partial charge in [-0.1, -0.05) is 0 Å². The van der Waals surface area contributed by atoms with Crippen molar-refractivity contribution in [3.8, 4) is 0 Å². The SMILES string of the molecule is CCOP(=O)(O)CCOCCOCCOCCN. The highest BCUT2D eigenvalue weighted by Crippen LogP contribution is 2.40. The Balaban J connectivity index is 3.18. The largest absolute Gasteiger partial charge is 0.378 e. The van der Waals surface area contributed by atoms with Crippen LogP contribution in [-0.4, -0.2) is 63.8 Å². The Morgan fingerprint density at radius 1 is 1.00 bits per heavy atom. The van der Waals surface area contributed by atoms with E-state index in [0.29, 0.717) is 39.6 Å². The monoisotopic (exact) mass is 285 g/mol. The van der Waals surface area contributed by atoms with Crippen LogP contribution < -0.4 is 5.73 Å². The van der Waals surface area contributed by atoms with Crippen LogP contribution in [-0.2, 0) is 23.3 Å². The number of nitrogens with two attached hydrogens (primary N) is 1. The van der Waals surface area contributed by atoms with Crippen molar-refractivity contribution in [2.45, 2.75) is 6.92 Å². The maximum Gasteiger partial charge on any atom is 0.330 e. The molecule has 0 spiro atoms. The smallest absolute Gasteiger partial charge is 0.330 e. The van der Waals surface area contributed by atoms with Crippen LogP contribution in [0.15, 0.2) is 0 Å². The molecule has 1 unspecified atom stereocenters. The molecule has 3 N–H and O–H groups in total. The summed E-state index contributed by atoms with van der Waals surface area (Å²) in [6.45, 7) is 4.91. The van der Waals surface area contributed by atoms with Crippen LogP contribution in [0, 0.1) is 0 Å². The molecule has 0 aromatic heterocycles. The summed E-state index contributed by atoms with van der Waals surface area (Å²) in [7, 11) is -3.46. The van der Waals surface area contributed by atoms with Crippen molar-refractivity contribution in [3.05, 3.63) is 0 Å². The van der Waals surface area contributed by atoms with Gasteiger partial charge in [-0.15, -0.1) is 0 Å². The minimum atomic E-state index is -3.46. The third-order valence-corrected chi connectivity index (χ3v) is 3.26. The molecule has 0 rings (SSSR count). The Morgan fingerprint density at radius 2 is 1.50 bits per heavy atom. The lowest BCUT2D eigenvalue weighted by molar-refractivity contribution is 0.0183. The zero-order valence-electron chi connectivity index (χ0n) is 10.9. The van der Waals surface area contributed by atoms with E-state index in [1.54, 1.807) is 6.92 Å². The first kappa shape index (κ1) is 18.0. The van der Waals surface area contributed by atoms with Gasteiger partial charge >= 0.3 is 7.60 Å². The van der Waals surface area contributed by atoms with Crippen molar-refractivity contribution in [2.24, 2.45) is 5.73 Å². The second kappa shape index (κ2) is 12.0. The molecule has 0 heterocycles. The highest BCUT2D eigenvalue weighted by Gasteiger charge is 2.17. The van der Waals surface area contributed by atoms with Gasteiger partial charge in [0.15, 0.2) is 0 Å². The van der Waals surface area contributed by atoms with E-state index in [2.05, 4.69) is 4.52 Å². The topological polar surface area (TPSA) is 100 Å². The summed E-state index contributed by atoms with van der Waals surface area (Å²) >= 11 is 0. The van der Waals surface area contributed by atoms with Gasteiger partial charge in [-0.3, -0.25) is 4.57 Å². The zero-order chi connectivity index (χ0) is 13.7. The maximum atomic E-state index is 11.2. The van der Waals surface area contributed by atoms with E-state index >= 15 is 0 Å². The van der Waals surface area contributed by atoms with Gasteiger partial charge in [-0.05, 0) is 6.92 Å². The molecule has 0 fully saturated rings. The molecule has 0 saturated heterocycles. The van der Waals surface area contributed by atoms with E-state index < -0.39 is 7.60 Å². The normalized spacial score (nSPS) is 14.6. The number of ether oxygens (including phenoxy) is 3. The number of hydrogen-bond acceptors (Lipinski definition) is 6. The lowest BCUT2D eigenvalue weighted by atomic mass is 10.7. The number of hydrogen-bond donors (Lipinski definition) is 2. The Bertz CT molecular complexity index is 228. The average Bonchev–Trinajstić information content (AvgIpc) is 2.31. The van der Waals surface area contributed by atoms with Crippen LogP contribution in [0.2, 0.25) is 0 Å². The number of rotatable bonds is 13. The molecule has 8 heteroatoms. The summed E-state index contributed by atoms with van der Waals surface area (Å²) < 4.78 is 31.4. The fraction of sp³-hybridized carbons (Fsp3) is 1.00. The lowest BCUT2D eigenvalue weighted by Gasteiger charge is -2.10. The molecule has 0 amide bonds. The molecule has 1 atom stereocenters. The second-order valence-corrected chi connectivity index (χ2v) is 5.38. The van der Waals surface area contributed by atoms with Crippen LogP contribution in [0.1, 0.15) is 6.92 Å². The van der Waals surface area contributed by atoms with E-state index in [0.717, 1.165) is 0 Å². The summed E-state index contributed by atoms with van der Waals surface area (Å²) in [6.07, 6.45) is 0.000448. The predicted molar refractivity (Wildman–Crippen MR) is 67.8 cm³/mol. The van der Waals surface area contributed by atoms with Crippen molar-refractivity contribution < 1.29 is 28.2 Å². The van der Waals surface area contributed by atoms with Gasteiger partial charge in [0.05, 0.1) is 52.4 Å². The van der Waals surface area contributed by atoms with Crippen molar-refractivity contribution in [2.75, 3.05) is 59.0 Å². The Kier molecular flexibility index (Phi) is 12.0. The molecule has 18 heavy (non-hydrogen) atoms. The molecular weight excluding hydrogens is 261 g/mol. The van der Waals surface area contributed by atoms with Crippen LogP contribution in [0.25, 0.3) is 0 Å². The molecule has 0 aliphatic heterocycles. The average molecular weight is 285 g/mol. The third kappa shape index (κ3) is 12.4. The van der Waals surface area contributed by atoms with Crippen LogP contribution in [0.4, 0.5) is 0 Å². The highest BCUT2D eigenvalue weighted by molar-refractivity contribution is 7.52. The van der Waals surface area contributed by atoms with Crippen LogP contribution >= 0.6 is 7.60 Å². The molecule has 0 aliphatic rings. The molecule has 0 bridgehead atoms. The quantitative estimate of drug-likeness (QED) is 0.368. The van der Waals surface area contributed by atoms with E-state index in [4.69, 9.17) is 19.9 Å². The standard InChI is InChI=1S/C10H24NO6P/c1-2-17-18(12,13)10-9-16-8-7-15-6-5-14-4-3-11/h2-11H2,1H3,(H,12,13). The van der Waals surface area contributed by atoms with Crippen LogP contribution in [0.3, 0.4) is 0 Å². The van der Waals surface area contributed by atoms with Gasteiger partial charge < -0.3 is 29.4 Å². The van der Waals surface area contributed by atoms with E-state index in [9.17, 15) is 9.46 Å². The first-order chi connectivity index (χ1) is 8.62. The molecule has 0 aromatic rings. The fourth-order valence-corrected chi connectivity index (χ4v) is 1.96. The first-order valence-corrected chi connectivity index (χ1v) is 7.78. The summed E-state index contributed by atoms with van der Waals surface area (Å²) in [5.41, 5.74) is 5.24. The first-order valence-electron chi connectivity index (χ1n) is 6.02. The van der Waals surface area contributed by atoms with Crippen molar-refractivity contribution >= 4 is 7.60 Å². The fourth-order valence-electron chi connectivity index (χ4n) is 1.07. The molecule has 0 saturated carbocycles. The van der Waals surface area contributed by atoms with E-state index in [-0.39, 0.29) is 19.4 Å². The predicted octanol–water partition coefficient (Wildman–Crippen LogP) is 0.217. The van der Waals surface area contributed by atoms with Gasteiger partial charge in [0.2, 0.25) is 0 Å². The van der Waals surface area contributed by atoms with Gasteiger partial charge in [0.1, 0.15) is 0 Å². The maximum absolute atomic E-state index is 11.2. The summed E-state index contributed by atoms with van der Waals surface area (Å²) in [6, 6.07) is 0. The second-order valence-electron chi connectivity index (χ2n) is 3.40. The summed E-state index contributed by atoms with van der Waals surface area (Å²) in [4.78, 5) is 9.23. The molecule has 0 radical (unpaired) electrons. The van der Waals surface area contributed by atoms with Crippen molar-refractivity contribution in [1.82, 2.24) is 0 Å². The van der Waals surface area contributed by atoms with E-state index in [1.165, 1.54) is 0 Å². The molecule has 110 valence electrons. The van der Waals surface area contributed by atoms with Gasteiger partial charge in [-0.25, -0.2) is 0 Å². The summed E-state index contributed by atoms with van der Waals surface area (Å²) in [5.74, 6) is 0. The van der Waals surface area contributed by atoms with Gasteiger partial charge in [0.25, 0.3) is 0 Å². The Labute approximate surface area is 108 Å². The minimum Gasteiger partial charge on any atom is -0.378 e. The summed E-state index contributed by atoms with van der Waals surface area (Å²) in [5, 5.41) is 0. The molecule has 7 nitrogen and oxygen atoms in total. The molecule has 0 aromatic carbocycles. The Hall–Kier alpha value is -0.0100. The van der Waals surface area contributed by atoms with Crippen molar-refractivity contribution in [3.63, 3.8) is 0 Å². The third-order valence-electron chi connectivity index (χ3n) is 1.86. The van der Waals surface area contributed by atoms with E-state index in [1.807, 2.05) is 0 Å². The lowest BCUT2D eigenvalue weighted by Crippen LogP contribution is -2.14. The molecule has 0 aliphatic carbocycles. The zero-order valence-corrected chi connectivity index (χ0v) is 11.8. The molecular formula is C10H24NO6P. The van der Waals surface area contributed by atoms with Crippen LogP contribution in [0.5, 0.6) is 0 Å². The Morgan fingerprint density at radius 3 is 2.00 bits per heavy atom. The minimum absolute atomic E-state index is 0.000448. The van der Waals surface area contributed by atoms with Gasteiger partial charge in [-0.2, -0.15) is 0 Å².